The van der Waals surface area contributed by atoms with E-state index in [1.165, 1.54) is 0 Å². The van der Waals surface area contributed by atoms with Crippen molar-refractivity contribution in [3.63, 3.8) is 0 Å². The molecule has 0 amide bonds. The molecule has 0 aromatic rings. The summed E-state index contributed by atoms with van der Waals surface area (Å²) >= 11 is 14.4. The Morgan fingerprint density at radius 3 is 1.12 bits per heavy atom. The first-order valence-electron chi connectivity index (χ1n) is 1.64. The number of halogens is 3. The summed E-state index contributed by atoms with van der Waals surface area (Å²) in [5.41, 5.74) is 0. The van der Waals surface area contributed by atoms with E-state index in [0.29, 0.717) is 0 Å². The van der Waals surface area contributed by atoms with Gasteiger partial charge in [-0.2, -0.15) is 0 Å². The molecule has 0 fully saturated rings. The fraction of sp³-hybridized carbons (Fsp3) is 1.00. The minimum absolute atomic E-state index is 0.750. The van der Waals surface area contributed by atoms with Crippen molar-refractivity contribution in [1.82, 2.24) is 0 Å². The highest BCUT2D eigenvalue weighted by atomic mass is 35.6. The molecule has 52 valence electrons. The Labute approximate surface area is 73.0 Å². The van der Waals surface area contributed by atoms with Gasteiger partial charge in [-0.15, -0.1) is 0 Å². The Balaban J connectivity index is 0. The van der Waals surface area contributed by atoms with Gasteiger partial charge in [0.25, 0.3) is 0 Å². The van der Waals surface area contributed by atoms with Crippen molar-refractivity contribution in [3.05, 3.63) is 0 Å². The second-order valence-corrected chi connectivity index (χ2v) is 5.23. The minimum atomic E-state index is -0.750. The van der Waals surface area contributed by atoms with Gasteiger partial charge in [-0.25, -0.2) is 0 Å². The van der Waals surface area contributed by atoms with E-state index >= 15 is 0 Å². The Bertz CT molecular complexity index is 29.0. The van der Waals surface area contributed by atoms with Crippen molar-refractivity contribution in [2.75, 3.05) is 12.5 Å². The summed E-state index contributed by atoms with van der Waals surface area (Å²) in [5, 5.41) is 0. The van der Waals surface area contributed by atoms with Crippen LogP contribution < -0.4 is 0 Å². The Kier molecular flexibility index (Phi) is 17.4. The molecule has 0 aromatic heterocycles. The standard InChI is InChI=1S/C2H6S2.CHCl3/c1-3-4-2;2-1(3)4/h1-2H3;1H. The summed E-state index contributed by atoms with van der Waals surface area (Å²) in [5.74, 6) is 0. The monoisotopic (exact) mass is 212 g/mol. The summed E-state index contributed by atoms with van der Waals surface area (Å²) in [6, 6.07) is 0. The largest absolute Gasteiger partial charge is 0.180 e. The second kappa shape index (κ2) is 11.4. The molecule has 0 rings (SSSR count). The van der Waals surface area contributed by atoms with Crippen LogP contribution in [0.4, 0.5) is 0 Å². The molecule has 0 nitrogen and oxygen atoms in total. The zero-order valence-electron chi connectivity index (χ0n) is 4.53. The summed E-state index contributed by atoms with van der Waals surface area (Å²) in [7, 11) is 3.55. The lowest BCUT2D eigenvalue weighted by molar-refractivity contribution is 1.96. The van der Waals surface area contributed by atoms with Crippen LogP contribution in [0.5, 0.6) is 0 Å². The van der Waals surface area contributed by atoms with Crippen LogP contribution in [0.2, 0.25) is 0 Å². The number of rotatable bonds is 1. The molecule has 0 unspecified atom stereocenters. The smallest absolute Gasteiger partial charge is 0.0979 e. The number of hydrogen-bond donors (Lipinski definition) is 0. The minimum Gasteiger partial charge on any atom is -0.0979 e. The zero-order chi connectivity index (χ0) is 6.99. The van der Waals surface area contributed by atoms with Gasteiger partial charge >= 0.3 is 0 Å². The molecule has 0 N–H and O–H groups in total. The highest BCUT2D eigenvalue weighted by Gasteiger charge is 1.78. The molecule has 0 aliphatic carbocycles. The molecule has 0 spiro atoms. The van der Waals surface area contributed by atoms with Crippen molar-refractivity contribution in [2.24, 2.45) is 0 Å². The maximum absolute atomic E-state index is 4.81. The van der Waals surface area contributed by atoms with Crippen LogP contribution in [0.15, 0.2) is 0 Å². The van der Waals surface area contributed by atoms with Crippen LogP contribution in [0.3, 0.4) is 0 Å². The van der Waals surface area contributed by atoms with E-state index in [4.69, 9.17) is 34.8 Å². The average Bonchev–Trinajstić information content (AvgIpc) is 1.65. The molecular weight excluding hydrogens is 207 g/mol. The average molecular weight is 214 g/mol. The van der Waals surface area contributed by atoms with Gasteiger partial charge in [0, 0.05) is 0 Å². The normalized spacial score (nSPS) is 8.25. The lowest BCUT2D eigenvalue weighted by Gasteiger charge is -1.69. The predicted octanol–water partition coefficient (Wildman–Crippen LogP) is 3.61. The fourth-order valence-electron chi connectivity index (χ4n) is 0. The maximum atomic E-state index is 4.81. The van der Waals surface area contributed by atoms with Gasteiger partial charge in [-0.05, 0) is 12.5 Å². The summed E-state index contributed by atoms with van der Waals surface area (Å²) in [6.45, 7) is 0. The lowest BCUT2D eigenvalue weighted by atomic mass is 11.9. The summed E-state index contributed by atoms with van der Waals surface area (Å²) in [6.07, 6.45) is 4.12. The van der Waals surface area contributed by atoms with Gasteiger partial charge < -0.3 is 0 Å². The van der Waals surface area contributed by atoms with Gasteiger partial charge in [0.1, 0.15) is 0 Å². The van der Waals surface area contributed by atoms with E-state index in [0.717, 1.165) is 0 Å². The third kappa shape index (κ3) is 49.5. The molecule has 0 aromatic carbocycles. The molecule has 0 aliphatic rings. The number of alkyl halides is 3. The first-order chi connectivity index (χ1) is 3.65. The Hall–Kier alpha value is 1.57. The molecule has 0 saturated carbocycles. The van der Waals surface area contributed by atoms with Gasteiger partial charge in [0.2, 0.25) is 0 Å². The van der Waals surface area contributed by atoms with Gasteiger partial charge in [-0.3, -0.25) is 0 Å². The highest BCUT2D eigenvalue weighted by Crippen LogP contribution is 2.09. The topological polar surface area (TPSA) is 0 Å². The van der Waals surface area contributed by atoms with E-state index < -0.39 is 4.30 Å². The molecule has 0 radical (unpaired) electrons. The van der Waals surface area contributed by atoms with Gasteiger partial charge in [-0.1, -0.05) is 56.4 Å². The van der Waals surface area contributed by atoms with E-state index in [2.05, 4.69) is 12.5 Å². The quantitative estimate of drug-likeness (QED) is 0.482. The van der Waals surface area contributed by atoms with Crippen molar-refractivity contribution in [2.45, 2.75) is 4.30 Å². The molecule has 8 heavy (non-hydrogen) atoms. The molecule has 5 heteroatoms. The van der Waals surface area contributed by atoms with E-state index in [1.54, 1.807) is 21.6 Å². The van der Waals surface area contributed by atoms with E-state index in [-0.39, 0.29) is 0 Å². The van der Waals surface area contributed by atoms with Crippen LogP contribution >= 0.6 is 56.4 Å². The third-order valence-corrected chi connectivity index (χ3v) is 1.50. The maximum Gasteiger partial charge on any atom is 0.180 e. The van der Waals surface area contributed by atoms with Crippen molar-refractivity contribution >= 4 is 56.4 Å². The zero-order valence-corrected chi connectivity index (χ0v) is 8.43. The Morgan fingerprint density at radius 1 is 1.00 bits per heavy atom. The van der Waals surface area contributed by atoms with Gasteiger partial charge in [0.05, 0.1) is 0 Å². The van der Waals surface area contributed by atoms with Crippen LogP contribution in [0.1, 0.15) is 0 Å². The number of hydrogen-bond acceptors (Lipinski definition) is 2. The molecule has 0 aliphatic heterocycles. The Morgan fingerprint density at radius 2 is 1.12 bits per heavy atom. The van der Waals surface area contributed by atoms with Gasteiger partial charge in [0.15, 0.2) is 4.30 Å². The first kappa shape index (κ1) is 12.3. The lowest BCUT2D eigenvalue weighted by Crippen LogP contribution is -1.55. The van der Waals surface area contributed by atoms with Crippen molar-refractivity contribution in [3.8, 4) is 0 Å². The third-order valence-electron chi connectivity index (χ3n) is 0.167. The predicted molar refractivity (Wildman–Crippen MR) is 48.4 cm³/mol. The second-order valence-electron chi connectivity index (χ2n) is 0.581. The van der Waals surface area contributed by atoms with Crippen LogP contribution in [0.25, 0.3) is 0 Å². The van der Waals surface area contributed by atoms with Crippen molar-refractivity contribution in [1.29, 1.82) is 0 Å². The molecule has 0 bridgehead atoms. The van der Waals surface area contributed by atoms with E-state index in [1.807, 2.05) is 0 Å². The van der Waals surface area contributed by atoms with Crippen molar-refractivity contribution < 1.29 is 0 Å². The molecule has 0 saturated heterocycles. The van der Waals surface area contributed by atoms with E-state index in [9.17, 15) is 0 Å². The fourth-order valence-corrected chi connectivity index (χ4v) is 0. The highest BCUT2D eigenvalue weighted by molar-refractivity contribution is 8.76. The molecule has 0 heterocycles. The van der Waals surface area contributed by atoms with Crippen LogP contribution in [0, 0.1) is 0 Å². The summed E-state index contributed by atoms with van der Waals surface area (Å²) < 4.78 is -0.750. The first-order valence-corrected chi connectivity index (χ1v) is 5.91. The SMILES string of the molecule is CSSC.ClC(Cl)Cl. The summed E-state index contributed by atoms with van der Waals surface area (Å²) in [4.78, 5) is 0. The van der Waals surface area contributed by atoms with Crippen LogP contribution in [-0.4, -0.2) is 16.8 Å². The molecule has 0 atom stereocenters. The van der Waals surface area contributed by atoms with Crippen LogP contribution in [-0.2, 0) is 0 Å². The molecular formula is C3H7Cl3S2.